The highest BCUT2D eigenvalue weighted by Crippen LogP contribution is 2.25. The van der Waals surface area contributed by atoms with E-state index in [9.17, 15) is 8.42 Å². The fourth-order valence-corrected chi connectivity index (χ4v) is 3.26. The molecule has 0 saturated heterocycles. The fourth-order valence-electron chi connectivity index (χ4n) is 2.32. The molecule has 0 fully saturated rings. The molecule has 0 bridgehead atoms. The maximum Gasteiger partial charge on any atom is 0.240 e. The Bertz CT molecular complexity index is 769. The summed E-state index contributed by atoms with van der Waals surface area (Å²) in [4.78, 5) is 2.26. The van der Waals surface area contributed by atoms with Gasteiger partial charge in [0.05, 0.1) is 12.0 Å². The molecule has 1 N–H and O–H groups in total. The van der Waals surface area contributed by atoms with Crippen molar-refractivity contribution in [1.29, 1.82) is 0 Å². The molecule has 2 rings (SSSR count). The second-order valence-electron chi connectivity index (χ2n) is 5.42. The molecular weight excluding hydrogens is 312 g/mol. The van der Waals surface area contributed by atoms with Crippen molar-refractivity contribution < 1.29 is 13.2 Å². The lowest BCUT2D eigenvalue weighted by Crippen LogP contribution is -2.21. The molecule has 0 heterocycles. The smallest absolute Gasteiger partial charge is 0.240 e. The van der Waals surface area contributed by atoms with Crippen molar-refractivity contribution in [1.82, 2.24) is 4.72 Å². The molecule has 6 heteroatoms. The predicted molar refractivity (Wildman–Crippen MR) is 92.8 cm³/mol. The van der Waals surface area contributed by atoms with Gasteiger partial charge in [-0.05, 0) is 54.9 Å². The van der Waals surface area contributed by atoms with Crippen molar-refractivity contribution in [3.63, 3.8) is 0 Å². The summed E-state index contributed by atoms with van der Waals surface area (Å²) in [5.41, 5.74) is 2.74. The molecule has 23 heavy (non-hydrogen) atoms. The zero-order valence-electron chi connectivity index (χ0n) is 13.8. The van der Waals surface area contributed by atoms with E-state index in [0.717, 1.165) is 22.6 Å². The molecule has 0 amide bonds. The van der Waals surface area contributed by atoms with Crippen LogP contribution >= 0.6 is 0 Å². The molecule has 0 aliphatic heterocycles. The molecule has 0 radical (unpaired) electrons. The molecule has 0 unspecified atom stereocenters. The van der Waals surface area contributed by atoms with E-state index < -0.39 is 10.0 Å². The van der Waals surface area contributed by atoms with Gasteiger partial charge in [0.15, 0.2) is 0 Å². The number of nitrogens with one attached hydrogen (secondary N) is 1. The van der Waals surface area contributed by atoms with Gasteiger partial charge in [-0.15, -0.1) is 0 Å². The highest BCUT2D eigenvalue weighted by molar-refractivity contribution is 7.89. The first kappa shape index (κ1) is 17.3. The summed E-state index contributed by atoms with van der Waals surface area (Å²) in [6.45, 7) is 0. The first-order chi connectivity index (χ1) is 10.9. The number of anilines is 1. The van der Waals surface area contributed by atoms with Gasteiger partial charge in [-0.3, -0.25) is 0 Å². The van der Waals surface area contributed by atoms with Gasteiger partial charge in [-0.1, -0.05) is 12.1 Å². The minimum absolute atomic E-state index is 0.307. The average Bonchev–Trinajstić information content (AvgIpc) is 2.55. The molecular formula is C17H22N2O3S. The lowest BCUT2D eigenvalue weighted by atomic mass is 10.0. The van der Waals surface area contributed by atoms with Crippen molar-refractivity contribution in [2.45, 2.75) is 11.3 Å². The predicted octanol–water partition coefficient (Wildman–Crippen LogP) is 2.26. The Balaban J connectivity index is 2.46. The van der Waals surface area contributed by atoms with Crippen LogP contribution < -0.4 is 14.4 Å². The third-order valence-electron chi connectivity index (χ3n) is 3.67. The van der Waals surface area contributed by atoms with Crippen molar-refractivity contribution in [2.24, 2.45) is 0 Å². The van der Waals surface area contributed by atoms with Crippen LogP contribution in [0, 0.1) is 0 Å². The number of benzene rings is 2. The van der Waals surface area contributed by atoms with E-state index in [4.69, 9.17) is 4.74 Å². The summed E-state index contributed by atoms with van der Waals surface area (Å²) in [5, 5.41) is 0. The van der Waals surface area contributed by atoms with Crippen molar-refractivity contribution in [3.8, 4) is 5.75 Å². The van der Waals surface area contributed by atoms with Gasteiger partial charge >= 0.3 is 0 Å². The first-order valence-electron chi connectivity index (χ1n) is 7.24. The van der Waals surface area contributed by atoms with Gasteiger partial charge in [0, 0.05) is 19.8 Å². The van der Waals surface area contributed by atoms with E-state index in [1.54, 1.807) is 13.2 Å². The maximum atomic E-state index is 12.2. The third kappa shape index (κ3) is 4.03. The summed E-state index contributed by atoms with van der Waals surface area (Å²) in [7, 11) is 3.40. The molecule has 0 atom stereocenters. The molecule has 0 aliphatic carbocycles. The first-order valence-corrected chi connectivity index (χ1v) is 8.72. The molecule has 0 aromatic heterocycles. The Morgan fingerprint density at radius 2 is 1.74 bits per heavy atom. The molecule has 0 spiro atoms. The van der Waals surface area contributed by atoms with Crippen LogP contribution in [0.3, 0.4) is 0 Å². The second-order valence-corrected chi connectivity index (χ2v) is 7.27. The SMILES string of the molecule is CNS(=O)(=O)c1ccc(N(C)C)cc1Cc1ccc(OC)cc1. The van der Waals surface area contributed by atoms with E-state index in [-0.39, 0.29) is 0 Å². The lowest BCUT2D eigenvalue weighted by Gasteiger charge is -2.17. The largest absolute Gasteiger partial charge is 0.497 e. The fraction of sp³-hybridized carbons (Fsp3) is 0.294. The number of rotatable bonds is 6. The summed E-state index contributed by atoms with van der Waals surface area (Å²) in [5.74, 6) is 0.777. The quantitative estimate of drug-likeness (QED) is 0.880. The monoisotopic (exact) mass is 334 g/mol. The zero-order valence-corrected chi connectivity index (χ0v) is 14.6. The number of hydrogen-bond acceptors (Lipinski definition) is 4. The van der Waals surface area contributed by atoms with Crippen LogP contribution in [0.15, 0.2) is 47.4 Å². The van der Waals surface area contributed by atoms with E-state index in [1.807, 2.05) is 55.4 Å². The summed E-state index contributed by atoms with van der Waals surface area (Å²) < 4.78 is 32.0. The number of hydrogen-bond donors (Lipinski definition) is 1. The normalized spacial score (nSPS) is 11.3. The average molecular weight is 334 g/mol. The Morgan fingerprint density at radius 3 is 2.26 bits per heavy atom. The Kier molecular flexibility index (Phi) is 5.28. The van der Waals surface area contributed by atoms with Crippen LogP contribution in [0.5, 0.6) is 5.75 Å². The Morgan fingerprint density at radius 1 is 1.09 bits per heavy atom. The van der Waals surface area contributed by atoms with E-state index in [1.165, 1.54) is 7.05 Å². The summed E-state index contributed by atoms with van der Waals surface area (Å²) >= 11 is 0. The molecule has 5 nitrogen and oxygen atoms in total. The van der Waals surface area contributed by atoms with Crippen LogP contribution in [0.1, 0.15) is 11.1 Å². The van der Waals surface area contributed by atoms with Gasteiger partial charge < -0.3 is 9.64 Å². The highest BCUT2D eigenvalue weighted by Gasteiger charge is 2.17. The topological polar surface area (TPSA) is 58.6 Å². The summed E-state index contributed by atoms with van der Waals surface area (Å²) in [6, 6.07) is 13.0. The molecule has 124 valence electrons. The molecule has 0 aliphatic rings. The third-order valence-corrected chi connectivity index (χ3v) is 5.19. The molecule has 2 aromatic carbocycles. The van der Waals surface area contributed by atoms with Crippen molar-refractivity contribution in [2.75, 3.05) is 33.2 Å². The van der Waals surface area contributed by atoms with Gasteiger partial charge in [0.25, 0.3) is 0 Å². The molecule has 2 aromatic rings. The van der Waals surface area contributed by atoms with Crippen molar-refractivity contribution >= 4 is 15.7 Å². The number of ether oxygens (including phenoxy) is 1. The van der Waals surface area contributed by atoms with Crippen LogP contribution in [0.25, 0.3) is 0 Å². The molecule has 0 saturated carbocycles. The summed E-state index contributed by atoms with van der Waals surface area (Å²) in [6.07, 6.45) is 0.530. The van der Waals surface area contributed by atoms with Crippen LogP contribution in [0.4, 0.5) is 5.69 Å². The van der Waals surface area contributed by atoms with Gasteiger partial charge in [-0.25, -0.2) is 13.1 Å². The van der Waals surface area contributed by atoms with Gasteiger partial charge in [0.1, 0.15) is 5.75 Å². The number of nitrogens with zero attached hydrogens (tertiary/aromatic N) is 1. The van der Waals surface area contributed by atoms with Crippen LogP contribution in [-0.4, -0.2) is 36.7 Å². The Hall–Kier alpha value is -2.05. The van der Waals surface area contributed by atoms with E-state index in [2.05, 4.69) is 4.72 Å². The standard InChI is InChI=1S/C17H22N2O3S/c1-18-23(20,21)17-10-7-15(19(2)3)12-14(17)11-13-5-8-16(22-4)9-6-13/h5-10,12,18H,11H2,1-4H3. The van der Waals surface area contributed by atoms with Gasteiger partial charge in [-0.2, -0.15) is 0 Å². The van der Waals surface area contributed by atoms with Crippen molar-refractivity contribution in [3.05, 3.63) is 53.6 Å². The Labute approximate surface area is 137 Å². The van der Waals surface area contributed by atoms with E-state index in [0.29, 0.717) is 11.3 Å². The number of methoxy groups -OCH3 is 1. The van der Waals surface area contributed by atoms with Gasteiger partial charge in [0.2, 0.25) is 10.0 Å². The highest BCUT2D eigenvalue weighted by atomic mass is 32.2. The van der Waals surface area contributed by atoms with Crippen LogP contribution in [0.2, 0.25) is 0 Å². The van der Waals surface area contributed by atoms with Crippen LogP contribution in [-0.2, 0) is 16.4 Å². The lowest BCUT2D eigenvalue weighted by molar-refractivity contribution is 0.414. The minimum Gasteiger partial charge on any atom is -0.497 e. The second kappa shape index (κ2) is 7.02. The van der Waals surface area contributed by atoms with E-state index >= 15 is 0 Å². The minimum atomic E-state index is -3.50. The number of sulfonamides is 1. The maximum absolute atomic E-state index is 12.2. The zero-order chi connectivity index (χ0) is 17.0.